The van der Waals surface area contributed by atoms with E-state index in [1.807, 2.05) is 49.4 Å². The van der Waals surface area contributed by atoms with Crippen LogP contribution in [0.25, 0.3) is 11.1 Å². The van der Waals surface area contributed by atoms with E-state index in [2.05, 4.69) is 43.3 Å². The van der Waals surface area contributed by atoms with Gasteiger partial charge >= 0.3 is 0 Å². The van der Waals surface area contributed by atoms with Gasteiger partial charge in [0, 0.05) is 36.7 Å². The number of nitrogens with two attached hydrogens (primary N) is 1. The standard InChI is InChI=1S/C35H41Cl2NO4/c1-24-19-32(36)35(33(37)20-24)42-18-17-40-29-12-9-26(10-13-29)22-28(23-38)30-14-11-27(21-25(30)2)31-7-4-5-8-34(31)41-16-6-15-39-3/h4-5,7-14,19-21,28,32,35H,6,15-18,22-23,38H2,1-3H3. The lowest BCUT2D eigenvalue weighted by molar-refractivity contribution is 0.0608. The summed E-state index contributed by atoms with van der Waals surface area (Å²) in [7, 11) is 1.71. The summed E-state index contributed by atoms with van der Waals surface area (Å²) in [6.45, 7) is 6.78. The Morgan fingerprint density at radius 1 is 0.905 bits per heavy atom. The van der Waals surface area contributed by atoms with Crippen molar-refractivity contribution in [3.8, 4) is 22.6 Å². The Labute approximate surface area is 260 Å². The number of para-hydroxylation sites is 1. The van der Waals surface area contributed by atoms with Crippen molar-refractivity contribution in [2.24, 2.45) is 5.73 Å². The van der Waals surface area contributed by atoms with E-state index >= 15 is 0 Å². The molecule has 1 aliphatic carbocycles. The van der Waals surface area contributed by atoms with Gasteiger partial charge < -0.3 is 24.7 Å². The van der Waals surface area contributed by atoms with Gasteiger partial charge in [0.2, 0.25) is 0 Å². The minimum Gasteiger partial charge on any atom is -0.493 e. The molecule has 0 spiro atoms. The van der Waals surface area contributed by atoms with Gasteiger partial charge in [0.1, 0.15) is 24.2 Å². The Hall–Kier alpha value is -2.80. The average molecular weight is 611 g/mol. The minimum absolute atomic E-state index is 0.203. The van der Waals surface area contributed by atoms with Crippen molar-refractivity contribution in [3.05, 3.63) is 106 Å². The van der Waals surface area contributed by atoms with Crippen molar-refractivity contribution >= 4 is 23.2 Å². The van der Waals surface area contributed by atoms with Gasteiger partial charge in [0.25, 0.3) is 0 Å². The van der Waals surface area contributed by atoms with E-state index in [-0.39, 0.29) is 17.4 Å². The van der Waals surface area contributed by atoms with E-state index in [9.17, 15) is 0 Å². The Morgan fingerprint density at radius 2 is 1.69 bits per heavy atom. The van der Waals surface area contributed by atoms with Gasteiger partial charge in [-0.1, -0.05) is 71.8 Å². The zero-order valence-electron chi connectivity index (χ0n) is 24.7. The third-order valence-electron chi connectivity index (χ3n) is 7.35. The molecule has 0 fully saturated rings. The van der Waals surface area contributed by atoms with Gasteiger partial charge in [-0.2, -0.15) is 0 Å². The zero-order valence-corrected chi connectivity index (χ0v) is 26.2. The first-order chi connectivity index (χ1) is 20.4. The molecule has 3 atom stereocenters. The highest BCUT2D eigenvalue weighted by Gasteiger charge is 2.25. The summed E-state index contributed by atoms with van der Waals surface area (Å²) in [5.41, 5.74) is 13.2. The Morgan fingerprint density at radius 3 is 2.40 bits per heavy atom. The van der Waals surface area contributed by atoms with Crippen molar-refractivity contribution in [1.82, 2.24) is 0 Å². The van der Waals surface area contributed by atoms with Crippen LogP contribution in [-0.4, -0.2) is 51.6 Å². The third kappa shape index (κ3) is 8.85. The molecular weight excluding hydrogens is 569 g/mol. The molecule has 0 amide bonds. The molecule has 0 saturated carbocycles. The summed E-state index contributed by atoms with van der Waals surface area (Å²) in [6, 6.07) is 23.0. The second kappa shape index (κ2) is 16.2. The molecule has 0 aliphatic heterocycles. The molecular formula is C35H41Cl2NO4. The molecule has 3 unspecified atom stereocenters. The molecule has 0 radical (unpaired) electrons. The van der Waals surface area contributed by atoms with Crippen LogP contribution >= 0.6 is 23.2 Å². The van der Waals surface area contributed by atoms with Crippen LogP contribution in [0.1, 0.15) is 36.0 Å². The molecule has 224 valence electrons. The summed E-state index contributed by atoms with van der Waals surface area (Å²) < 4.78 is 23.0. The Balaban J connectivity index is 1.32. The lowest BCUT2D eigenvalue weighted by atomic mass is 9.87. The number of ether oxygens (including phenoxy) is 4. The largest absolute Gasteiger partial charge is 0.493 e. The fraction of sp³-hybridized carbons (Fsp3) is 0.371. The highest BCUT2D eigenvalue weighted by molar-refractivity contribution is 6.32. The fourth-order valence-electron chi connectivity index (χ4n) is 5.19. The molecule has 0 bridgehead atoms. The molecule has 42 heavy (non-hydrogen) atoms. The lowest BCUT2D eigenvalue weighted by Gasteiger charge is -2.24. The Kier molecular flexibility index (Phi) is 12.4. The highest BCUT2D eigenvalue weighted by Crippen LogP contribution is 2.33. The van der Waals surface area contributed by atoms with Gasteiger partial charge in [-0.3, -0.25) is 0 Å². The maximum atomic E-state index is 6.38. The monoisotopic (exact) mass is 609 g/mol. The van der Waals surface area contributed by atoms with Gasteiger partial charge in [-0.05, 0) is 73.3 Å². The summed E-state index contributed by atoms with van der Waals surface area (Å²) in [5, 5.41) is 0.337. The maximum Gasteiger partial charge on any atom is 0.127 e. The number of halogens is 2. The zero-order chi connectivity index (χ0) is 29.9. The summed E-state index contributed by atoms with van der Waals surface area (Å²) in [5.74, 6) is 1.88. The topological polar surface area (TPSA) is 62.9 Å². The number of aryl methyl sites for hydroxylation is 1. The van der Waals surface area contributed by atoms with E-state index in [0.717, 1.165) is 41.0 Å². The van der Waals surface area contributed by atoms with E-state index in [4.69, 9.17) is 47.9 Å². The van der Waals surface area contributed by atoms with Crippen LogP contribution in [0.4, 0.5) is 0 Å². The molecule has 2 N–H and O–H groups in total. The number of hydrogen-bond acceptors (Lipinski definition) is 5. The summed E-state index contributed by atoms with van der Waals surface area (Å²) >= 11 is 12.7. The van der Waals surface area contributed by atoms with Gasteiger partial charge in [0.15, 0.2) is 0 Å². The molecule has 5 nitrogen and oxygen atoms in total. The van der Waals surface area contributed by atoms with Crippen LogP contribution in [-0.2, 0) is 15.9 Å². The fourth-order valence-corrected chi connectivity index (χ4v) is 6.03. The molecule has 1 aliphatic rings. The lowest BCUT2D eigenvalue weighted by Crippen LogP contribution is -2.28. The normalized spacial score (nSPS) is 17.4. The van der Waals surface area contributed by atoms with Crippen molar-refractivity contribution in [2.75, 3.05) is 40.1 Å². The van der Waals surface area contributed by atoms with Gasteiger partial charge in [0.05, 0.1) is 18.6 Å². The first kappa shape index (κ1) is 32.1. The van der Waals surface area contributed by atoms with Crippen LogP contribution in [0.3, 0.4) is 0 Å². The second-order valence-electron chi connectivity index (χ2n) is 10.6. The number of methoxy groups -OCH3 is 1. The van der Waals surface area contributed by atoms with Gasteiger partial charge in [-0.15, -0.1) is 11.6 Å². The summed E-state index contributed by atoms with van der Waals surface area (Å²) in [4.78, 5) is 0. The van der Waals surface area contributed by atoms with Crippen LogP contribution in [0.2, 0.25) is 0 Å². The molecule has 3 aromatic rings. The van der Waals surface area contributed by atoms with Crippen LogP contribution in [0, 0.1) is 6.92 Å². The number of rotatable bonds is 15. The van der Waals surface area contributed by atoms with Crippen LogP contribution in [0.15, 0.2) is 89.5 Å². The third-order valence-corrected chi connectivity index (χ3v) is 8.03. The number of benzene rings is 3. The highest BCUT2D eigenvalue weighted by atomic mass is 35.5. The average Bonchev–Trinajstić information content (AvgIpc) is 2.98. The first-order valence-electron chi connectivity index (χ1n) is 14.4. The van der Waals surface area contributed by atoms with Gasteiger partial charge in [-0.25, -0.2) is 0 Å². The van der Waals surface area contributed by atoms with Crippen molar-refractivity contribution < 1.29 is 18.9 Å². The molecule has 7 heteroatoms. The molecule has 0 aromatic heterocycles. The van der Waals surface area contributed by atoms with Crippen LogP contribution in [0.5, 0.6) is 11.5 Å². The number of alkyl halides is 1. The first-order valence-corrected chi connectivity index (χ1v) is 15.3. The SMILES string of the molecule is COCCCOc1ccccc1-c1ccc(C(CN)Cc2ccc(OCCOC3C(Cl)=CC(C)=CC3Cl)cc2)c(C)c1. The predicted octanol–water partition coefficient (Wildman–Crippen LogP) is 7.82. The van der Waals surface area contributed by atoms with Crippen molar-refractivity contribution in [3.63, 3.8) is 0 Å². The van der Waals surface area contributed by atoms with E-state index in [1.54, 1.807) is 7.11 Å². The smallest absolute Gasteiger partial charge is 0.127 e. The maximum absolute atomic E-state index is 6.38. The predicted molar refractivity (Wildman–Crippen MR) is 173 cm³/mol. The Bertz CT molecular complexity index is 1360. The molecule has 0 saturated heterocycles. The number of allylic oxidation sites excluding steroid dienone is 2. The summed E-state index contributed by atoms with van der Waals surface area (Å²) in [6.07, 6.45) is 5.18. The van der Waals surface area contributed by atoms with E-state index in [1.165, 1.54) is 16.7 Å². The second-order valence-corrected chi connectivity index (χ2v) is 11.5. The van der Waals surface area contributed by atoms with Crippen LogP contribution < -0.4 is 15.2 Å². The quantitative estimate of drug-likeness (QED) is 0.141. The van der Waals surface area contributed by atoms with E-state index < -0.39 is 0 Å². The molecule has 0 heterocycles. The molecule has 4 rings (SSSR count). The number of hydrogen-bond donors (Lipinski definition) is 1. The minimum atomic E-state index is -0.345. The van der Waals surface area contributed by atoms with Crippen molar-refractivity contribution in [2.45, 2.75) is 44.1 Å². The van der Waals surface area contributed by atoms with E-state index in [0.29, 0.717) is 38.0 Å². The van der Waals surface area contributed by atoms with Crippen molar-refractivity contribution in [1.29, 1.82) is 0 Å². The molecule has 3 aromatic carbocycles.